The van der Waals surface area contributed by atoms with Crippen molar-refractivity contribution in [1.82, 2.24) is 5.32 Å². The van der Waals surface area contributed by atoms with Gasteiger partial charge in [0.05, 0.1) is 12.3 Å². The lowest BCUT2D eigenvalue weighted by Crippen LogP contribution is -2.38. The van der Waals surface area contributed by atoms with Crippen LogP contribution in [0.5, 0.6) is 5.75 Å². The van der Waals surface area contributed by atoms with Crippen LogP contribution in [-0.4, -0.2) is 23.8 Å². The molecular weight excluding hydrogens is 246 g/mol. The Morgan fingerprint density at radius 2 is 2.26 bits per heavy atom. The molecule has 0 bridgehead atoms. The standard InChI is InChI=1S/C13H17N3O3/c1-8(9(2)16-13(17)18)7-19-12-5-3-4-11(15)10(12)6-14/h3-5,8-9,16H,7,15H2,1-2H3,(H,17,18)/t8-,9?/m1/s1. The maximum atomic E-state index is 10.5. The average Bonchev–Trinajstić information content (AvgIpc) is 2.35. The van der Waals surface area contributed by atoms with E-state index in [0.29, 0.717) is 23.6 Å². The first-order chi connectivity index (χ1) is 8.95. The number of nitrogens with one attached hydrogen (secondary N) is 1. The molecule has 0 saturated carbocycles. The number of anilines is 1. The molecule has 1 aromatic carbocycles. The van der Waals surface area contributed by atoms with Crippen molar-refractivity contribution in [1.29, 1.82) is 5.26 Å². The van der Waals surface area contributed by atoms with Crippen molar-refractivity contribution in [2.45, 2.75) is 19.9 Å². The molecule has 0 aliphatic rings. The summed E-state index contributed by atoms with van der Waals surface area (Å²) in [6, 6.07) is 6.74. The minimum Gasteiger partial charge on any atom is -0.492 e. The second-order valence-corrected chi connectivity index (χ2v) is 4.36. The average molecular weight is 263 g/mol. The van der Waals surface area contributed by atoms with Crippen LogP contribution >= 0.6 is 0 Å². The number of carbonyl (C=O) groups is 1. The summed E-state index contributed by atoms with van der Waals surface area (Å²) in [7, 11) is 0. The van der Waals surface area contributed by atoms with Crippen LogP contribution in [-0.2, 0) is 0 Å². The van der Waals surface area contributed by atoms with Gasteiger partial charge in [-0.25, -0.2) is 4.79 Å². The molecule has 6 heteroatoms. The van der Waals surface area contributed by atoms with E-state index < -0.39 is 6.09 Å². The smallest absolute Gasteiger partial charge is 0.404 e. The van der Waals surface area contributed by atoms with Crippen LogP contribution in [0.4, 0.5) is 10.5 Å². The topological polar surface area (TPSA) is 108 Å². The number of nitriles is 1. The lowest BCUT2D eigenvalue weighted by Gasteiger charge is -2.20. The van der Waals surface area contributed by atoms with Crippen LogP contribution in [0.15, 0.2) is 18.2 Å². The molecule has 0 aliphatic heterocycles. The highest BCUT2D eigenvalue weighted by Gasteiger charge is 2.16. The lowest BCUT2D eigenvalue weighted by atomic mass is 10.1. The third kappa shape index (κ3) is 4.07. The zero-order valence-corrected chi connectivity index (χ0v) is 10.9. The first-order valence-electron chi connectivity index (χ1n) is 5.86. The van der Waals surface area contributed by atoms with Gasteiger partial charge in [-0.3, -0.25) is 0 Å². The van der Waals surface area contributed by atoms with Gasteiger partial charge in [0.25, 0.3) is 0 Å². The fourth-order valence-electron chi connectivity index (χ4n) is 1.49. The van der Waals surface area contributed by atoms with Gasteiger partial charge in [-0.15, -0.1) is 0 Å². The fraction of sp³-hybridized carbons (Fsp3) is 0.385. The summed E-state index contributed by atoms with van der Waals surface area (Å²) >= 11 is 0. The zero-order valence-electron chi connectivity index (χ0n) is 10.9. The molecular formula is C13H17N3O3. The summed E-state index contributed by atoms with van der Waals surface area (Å²) in [5, 5.41) is 20.0. The zero-order chi connectivity index (χ0) is 14.4. The molecule has 2 atom stereocenters. The van der Waals surface area contributed by atoms with E-state index in [1.807, 2.05) is 13.0 Å². The minimum absolute atomic E-state index is 0.0379. The number of rotatable bonds is 5. The largest absolute Gasteiger partial charge is 0.492 e. The van der Waals surface area contributed by atoms with E-state index in [9.17, 15) is 4.79 Å². The van der Waals surface area contributed by atoms with Crippen molar-refractivity contribution < 1.29 is 14.6 Å². The summed E-state index contributed by atoms with van der Waals surface area (Å²) in [6.45, 7) is 3.91. The molecule has 1 unspecified atom stereocenters. The van der Waals surface area contributed by atoms with Gasteiger partial charge in [0, 0.05) is 12.0 Å². The lowest BCUT2D eigenvalue weighted by molar-refractivity contribution is 0.177. The van der Waals surface area contributed by atoms with Gasteiger partial charge in [-0.1, -0.05) is 13.0 Å². The highest BCUT2D eigenvalue weighted by Crippen LogP contribution is 2.23. The van der Waals surface area contributed by atoms with Crippen molar-refractivity contribution >= 4 is 11.8 Å². The van der Waals surface area contributed by atoms with Crippen LogP contribution in [0.1, 0.15) is 19.4 Å². The van der Waals surface area contributed by atoms with Gasteiger partial charge in [0.15, 0.2) is 0 Å². The molecule has 1 rings (SSSR count). The molecule has 0 spiro atoms. The maximum Gasteiger partial charge on any atom is 0.404 e. The molecule has 0 aromatic heterocycles. The maximum absolute atomic E-state index is 10.5. The highest BCUT2D eigenvalue weighted by molar-refractivity contribution is 5.64. The molecule has 0 aliphatic carbocycles. The SMILES string of the molecule is CC(NC(=O)O)[C@H](C)COc1cccc(N)c1C#N. The van der Waals surface area contributed by atoms with Crippen LogP contribution in [0, 0.1) is 17.2 Å². The Morgan fingerprint density at radius 3 is 2.84 bits per heavy atom. The Kier molecular flexibility index (Phi) is 5.01. The van der Waals surface area contributed by atoms with E-state index in [2.05, 4.69) is 5.32 Å². The number of hydrogen-bond donors (Lipinski definition) is 3. The van der Waals surface area contributed by atoms with Crippen LogP contribution in [0.2, 0.25) is 0 Å². The van der Waals surface area contributed by atoms with Gasteiger partial charge < -0.3 is 20.9 Å². The van der Waals surface area contributed by atoms with E-state index in [4.69, 9.17) is 20.8 Å². The summed E-state index contributed by atoms with van der Waals surface area (Å²) in [5.41, 5.74) is 6.34. The van der Waals surface area contributed by atoms with Gasteiger partial charge in [-0.05, 0) is 19.1 Å². The third-order valence-corrected chi connectivity index (χ3v) is 2.88. The number of nitrogen functional groups attached to an aromatic ring is 1. The number of carboxylic acid groups (broad SMARTS) is 1. The van der Waals surface area contributed by atoms with E-state index in [1.165, 1.54) is 0 Å². The molecule has 19 heavy (non-hydrogen) atoms. The van der Waals surface area contributed by atoms with E-state index in [0.717, 1.165) is 0 Å². The summed E-state index contributed by atoms with van der Waals surface area (Å²) in [4.78, 5) is 10.5. The third-order valence-electron chi connectivity index (χ3n) is 2.88. The predicted molar refractivity (Wildman–Crippen MR) is 70.9 cm³/mol. The Labute approximate surface area is 111 Å². The van der Waals surface area contributed by atoms with Crippen molar-refractivity contribution in [2.75, 3.05) is 12.3 Å². The summed E-state index contributed by atoms with van der Waals surface area (Å²) < 4.78 is 5.54. The summed E-state index contributed by atoms with van der Waals surface area (Å²) in [6.07, 6.45) is -1.07. The molecule has 0 heterocycles. The van der Waals surface area contributed by atoms with Crippen molar-refractivity contribution in [3.05, 3.63) is 23.8 Å². The second-order valence-electron chi connectivity index (χ2n) is 4.36. The second kappa shape index (κ2) is 6.50. The molecule has 0 fully saturated rings. The van der Waals surface area contributed by atoms with Gasteiger partial charge in [0.2, 0.25) is 0 Å². The van der Waals surface area contributed by atoms with Gasteiger partial charge in [0.1, 0.15) is 17.4 Å². The first kappa shape index (κ1) is 14.6. The molecule has 102 valence electrons. The van der Waals surface area contributed by atoms with Crippen LogP contribution < -0.4 is 15.8 Å². The number of amides is 1. The van der Waals surface area contributed by atoms with Gasteiger partial charge in [-0.2, -0.15) is 5.26 Å². The normalized spacial score (nSPS) is 13.1. The number of benzene rings is 1. The van der Waals surface area contributed by atoms with Gasteiger partial charge >= 0.3 is 6.09 Å². The Morgan fingerprint density at radius 1 is 1.58 bits per heavy atom. The Balaban J connectivity index is 2.65. The Hall–Kier alpha value is -2.42. The summed E-state index contributed by atoms with van der Waals surface area (Å²) in [5.74, 6) is 0.376. The molecule has 4 N–H and O–H groups in total. The van der Waals surface area contributed by atoms with Crippen molar-refractivity contribution in [3.8, 4) is 11.8 Å². The number of hydrogen-bond acceptors (Lipinski definition) is 4. The fourth-order valence-corrected chi connectivity index (χ4v) is 1.49. The minimum atomic E-state index is -1.07. The number of ether oxygens (including phenoxy) is 1. The van der Waals surface area contributed by atoms with Crippen molar-refractivity contribution in [3.63, 3.8) is 0 Å². The molecule has 0 saturated heterocycles. The molecule has 0 radical (unpaired) electrons. The number of nitrogens with zero attached hydrogens (tertiary/aromatic N) is 1. The predicted octanol–water partition coefficient (Wildman–Crippen LogP) is 1.81. The van der Waals surface area contributed by atoms with Crippen LogP contribution in [0.25, 0.3) is 0 Å². The number of nitrogens with two attached hydrogens (primary N) is 1. The Bertz CT molecular complexity index is 496. The van der Waals surface area contributed by atoms with Crippen LogP contribution in [0.3, 0.4) is 0 Å². The monoisotopic (exact) mass is 263 g/mol. The molecule has 6 nitrogen and oxygen atoms in total. The quantitative estimate of drug-likeness (QED) is 0.702. The van der Waals surface area contributed by atoms with Crippen molar-refractivity contribution in [2.24, 2.45) is 5.92 Å². The molecule has 1 amide bonds. The van der Waals surface area contributed by atoms with E-state index in [-0.39, 0.29) is 12.0 Å². The molecule has 1 aromatic rings. The first-order valence-corrected chi connectivity index (χ1v) is 5.86. The van der Waals surface area contributed by atoms with E-state index >= 15 is 0 Å². The van der Waals surface area contributed by atoms with E-state index in [1.54, 1.807) is 25.1 Å². The highest BCUT2D eigenvalue weighted by atomic mass is 16.5.